The van der Waals surface area contributed by atoms with Crippen LogP contribution in [0, 0.1) is 0 Å². The molecule has 0 aromatic heterocycles. The van der Waals surface area contributed by atoms with Crippen molar-refractivity contribution >= 4 is 64.7 Å². The van der Waals surface area contributed by atoms with Crippen molar-refractivity contribution in [1.29, 1.82) is 0 Å². The van der Waals surface area contributed by atoms with E-state index >= 15 is 0 Å². The van der Waals surface area contributed by atoms with Crippen LogP contribution in [0.3, 0.4) is 0 Å². The highest BCUT2D eigenvalue weighted by atomic mass is 35.5. The summed E-state index contributed by atoms with van der Waals surface area (Å²) in [6, 6.07) is 21.6. The molecule has 3 aromatic rings. The van der Waals surface area contributed by atoms with Crippen molar-refractivity contribution < 1.29 is 9.53 Å². The van der Waals surface area contributed by atoms with Crippen molar-refractivity contribution in [2.45, 2.75) is 16.2 Å². The van der Waals surface area contributed by atoms with Crippen molar-refractivity contribution in [2.75, 3.05) is 57.3 Å². The average molecular weight is 579 g/mol. The number of halogens is 3. The third kappa shape index (κ3) is 7.14. The van der Waals surface area contributed by atoms with Crippen molar-refractivity contribution in [3.05, 3.63) is 82.3 Å². The van der Waals surface area contributed by atoms with Gasteiger partial charge in [0.1, 0.15) is 6.61 Å². The van der Waals surface area contributed by atoms with E-state index in [0.29, 0.717) is 17.2 Å². The van der Waals surface area contributed by atoms with Crippen LogP contribution in [-0.4, -0.2) is 68.2 Å². The zero-order valence-corrected chi connectivity index (χ0v) is 23.6. The van der Waals surface area contributed by atoms with Crippen LogP contribution < -0.4 is 4.90 Å². The lowest BCUT2D eigenvalue weighted by molar-refractivity contribution is 0.0423. The molecule has 3 aromatic carbocycles. The van der Waals surface area contributed by atoms with Gasteiger partial charge in [-0.15, -0.1) is 12.4 Å². The summed E-state index contributed by atoms with van der Waals surface area (Å²) in [5.41, 5.74) is 2.99. The molecule has 0 amide bonds. The second-order valence-electron chi connectivity index (χ2n) is 9.01. The van der Waals surface area contributed by atoms with Crippen LogP contribution in [0.2, 0.25) is 10.0 Å². The lowest BCUT2D eigenvalue weighted by Gasteiger charge is -2.36. The maximum Gasteiger partial charge on any atom is 0.338 e. The van der Waals surface area contributed by atoms with Gasteiger partial charge in [0.05, 0.1) is 16.9 Å². The van der Waals surface area contributed by atoms with Gasteiger partial charge in [0.15, 0.2) is 0 Å². The summed E-state index contributed by atoms with van der Waals surface area (Å²) in [6.45, 7) is 7.19. The Morgan fingerprint density at radius 3 is 2.19 bits per heavy atom. The molecule has 196 valence electrons. The highest BCUT2D eigenvalue weighted by Crippen LogP contribution is 2.48. The van der Waals surface area contributed by atoms with Gasteiger partial charge in [-0.3, -0.25) is 4.90 Å². The number of carbonyl (C=O) groups is 1. The number of ether oxygens (including phenoxy) is 1. The summed E-state index contributed by atoms with van der Waals surface area (Å²) in [4.78, 5) is 22.0. The van der Waals surface area contributed by atoms with E-state index in [2.05, 4.69) is 51.1 Å². The van der Waals surface area contributed by atoms with Gasteiger partial charge in [-0.05, 0) is 67.6 Å². The normalized spacial score (nSPS) is 15.5. The number of anilines is 2. The minimum Gasteiger partial charge on any atom is -0.461 e. The molecule has 1 saturated heterocycles. The van der Waals surface area contributed by atoms with Crippen molar-refractivity contribution in [2.24, 2.45) is 0 Å². The molecular formula is C28H30Cl3N3O2S. The first-order valence-corrected chi connectivity index (χ1v) is 13.9. The fourth-order valence-electron chi connectivity index (χ4n) is 4.67. The monoisotopic (exact) mass is 577 g/mol. The summed E-state index contributed by atoms with van der Waals surface area (Å²) in [5, 5.41) is 1.38. The molecular weight excluding hydrogens is 549 g/mol. The standard InChI is InChI=1S/C28H29Cl2N3O2S.ClH/c29-22-8-6-21(7-9-22)28(34)35-19-18-32-16-14-31(15-17-32)12-3-13-33-24-4-1-2-5-26(24)36-27-11-10-23(30)20-25(27)33;/h1-2,4-11,20H,3,12-19H2;1H. The summed E-state index contributed by atoms with van der Waals surface area (Å²) in [5.74, 6) is -0.300. The van der Waals surface area contributed by atoms with E-state index in [-0.39, 0.29) is 18.4 Å². The number of esters is 1. The molecule has 2 aliphatic rings. The molecule has 2 heterocycles. The molecule has 5 nitrogen and oxygen atoms in total. The molecule has 0 radical (unpaired) electrons. The van der Waals surface area contributed by atoms with Crippen LogP contribution in [0.15, 0.2) is 76.5 Å². The molecule has 0 spiro atoms. The van der Waals surface area contributed by atoms with E-state index in [9.17, 15) is 4.79 Å². The molecule has 9 heteroatoms. The molecule has 1 fully saturated rings. The van der Waals surface area contributed by atoms with Gasteiger partial charge in [-0.2, -0.15) is 0 Å². The molecule has 2 aliphatic heterocycles. The SMILES string of the molecule is Cl.O=C(OCCN1CCN(CCCN2c3ccccc3Sc3ccc(Cl)cc32)CC1)c1ccc(Cl)cc1. The fourth-order valence-corrected chi connectivity index (χ4v) is 6.04. The number of benzene rings is 3. The van der Waals surface area contributed by atoms with E-state index in [1.54, 1.807) is 24.3 Å². The third-order valence-corrected chi connectivity index (χ3v) is 8.25. The molecule has 0 aliphatic carbocycles. The fraction of sp³-hybridized carbons (Fsp3) is 0.321. The van der Waals surface area contributed by atoms with E-state index in [0.717, 1.165) is 57.3 Å². The molecule has 0 bridgehead atoms. The summed E-state index contributed by atoms with van der Waals surface area (Å²) in [6.07, 6.45) is 1.07. The van der Waals surface area contributed by atoms with E-state index in [4.69, 9.17) is 27.9 Å². The number of fused-ring (bicyclic) bond motifs is 2. The topological polar surface area (TPSA) is 36.0 Å². The Hall–Kier alpha value is -1.93. The predicted molar refractivity (Wildman–Crippen MR) is 156 cm³/mol. The molecule has 0 unspecified atom stereocenters. The Morgan fingerprint density at radius 1 is 0.784 bits per heavy atom. The first kappa shape index (κ1) is 28.1. The van der Waals surface area contributed by atoms with Crippen LogP contribution in [0.1, 0.15) is 16.8 Å². The zero-order chi connectivity index (χ0) is 24.9. The number of para-hydroxylation sites is 1. The van der Waals surface area contributed by atoms with Gasteiger partial charge >= 0.3 is 5.97 Å². The minimum absolute atomic E-state index is 0. The van der Waals surface area contributed by atoms with Crippen LogP contribution in [-0.2, 0) is 4.74 Å². The maximum absolute atomic E-state index is 12.2. The van der Waals surface area contributed by atoms with E-state index in [1.165, 1.54) is 21.2 Å². The maximum atomic E-state index is 12.2. The Labute approximate surface area is 239 Å². The predicted octanol–water partition coefficient (Wildman–Crippen LogP) is 6.88. The van der Waals surface area contributed by atoms with Gasteiger partial charge in [0, 0.05) is 59.1 Å². The lowest BCUT2D eigenvalue weighted by Crippen LogP contribution is -2.47. The Kier molecular flexibility index (Phi) is 10.0. The summed E-state index contributed by atoms with van der Waals surface area (Å²) >= 11 is 14.0. The minimum atomic E-state index is -0.300. The summed E-state index contributed by atoms with van der Waals surface area (Å²) < 4.78 is 5.44. The molecule has 0 N–H and O–H groups in total. The van der Waals surface area contributed by atoms with Crippen molar-refractivity contribution in [3.8, 4) is 0 Å². The van der Waals surface area contributed by atoms with Gasteiger partial charge in [-0.1, -0.05) is 47.1 Å². The second kappa shape index (κ2) is 13.2. The largest absolute Gasteiger partial charge is 0.461 e. The number of carbonyl (C=O) groups excluding carboxylic acids is 1. The van der Waals surface area contributed by atoms with Crippen LogP contribution in [0.25, 0.3) is 0 Å². The highest BCUT2D eigenvalue weighted by Gasteiger charge is 2.24. The number of nitrogens with zero attached hydrogens (tertiary/aromatic N) is 3. The molecule has 37 heavy (non-hydrogen) atoms. The third-order valence-electron chi connectivity index (χ3n) is 6.63. The second-order valence-corrected chi connectivity index (χ2v) is 11.0. The van der Waals surface area contributed by atoms with Crippen LogP contribution >= 0.6 is 47.4 Å². The highest BCUT2D eigenvalue weighted by molar-refractivity contribution is 7.99. The quantitative estimate of drug-likeness (QED) is 0.271. The van der Waals surface area contributed by atoms with Crippen molar-refractivity contribution in [1.82, 2.24) is 9.80 Å². The zero-order valence-electron chi connectivity index (χ0n) is 20.4. The van der Waals surface area contributed by atoms with Gasteiger partial charge in [0.2, 0.25) is 0 Å². The van der Waals surface area contributed by atoms with E-state index in [1.807, 2.05) is 17.8 Å². The van der Waals surface area contributed by atoms with E-state index < -0.39 is 0 Å². The first-order chi connectivity index (χ1) is 17.6. The first-order valence-electron chi connectivity index (χ1n) is 12.3. The van der Waals surface area contributed by atoms with Crippen LogP contribution in [0.5, 0.6) is 0 Å². The average Bonchev–Trinajstić information content (AvgIpc) is 2.90. The number of hydrogen-bond donors (Lipinski definition) is 0. The van der Waals surface area contributed by atoms with Crippen LogP contribution in [0.4, 0.5) is 11.4 Å². The summed E-state index contributed by atoms with van der Waals surface area (Å²) in [7, 11) is 0. The molecule has 0 atom stereocenters. The Morgan fingerprint density at radius 2 is 1.43 bits per heavy atom. The smallest absolute Gasteiger partial charge is 0.338 e. The number of hydrogen-bond acceptors (Lipinski definition) is 6. The van der Waals surface area contributed by atoms with Gasteiger partial charge in [-0.25, -0.2) is 4.79 Å². The Bertz CT molecular complexity index is 1200. The number of piperazine rings is 1. The lowest BCUT2D eigenvalue weighted by atomic mass is 10.2. The number of rotatable bonds is 8. The van der Waals surface area contributed by atoms with Gasteiger partial charge < -0.3 is 14.5 Å². The molecule has 5 rings (SSSR count). The molecule has 0 saturated carbocycles. The van der Waals surface area contributed by atoms with Crippen molar-refractivity contribution in [3.63, 3.8) is 0 Å². The Balaban J connectivity index is 0.00000320. The van der Waals surface area contributed by atoms with Gasteiger partial charge in [0.25, 0.3) is 0 Å².